The molecule has 1 N–H and O–H groups in total. The number of aromatic nitrogens is 3. The molecule has 0 aliphatic carbocycles. The van der Waals surface area contributed by atoms with Crippen molar-refractivity contribution >= 4 is 44.9 Å². The Balaban J connectivity index is 1.29. The van der Waals surface area contributed by atoms with Gasteiger partial charge in [-0.15, -0.1) is 11.3 Å². The summed E-state index contributed by atoms with van der Waals surface area (Å²) in [4.78, 5) is 21.0. The molecule has 148 valence electrons. The lowest BCUT2D eigenvalue weighted by atomic mass is 10.2. The largest absolute Gasteiger partial charge is 0.339 e. The molecule has 0 radical (unpaired) electrons. The topological polar surface area (TPSA) is 80.9 Å². The van der Waals surface area contributed by atoms with Crippen LogP contribution in [0.5, 0.6) is 0 Å². The quantitative estimate of drug-likeness (QED) is 0.409. The van der Waals surface area contributed by atoms with Crippen LogP contribution in [0.2, 0.25) is 0 Å². The predicted octanol–water partition coefficient (Wildman–Crippen LogP) is 5.17. The standard InChI is InChI=1S/C20H17FN4O2S2/c1-28-20-23-15-10-9-14(11-16(15)29-20)22-17(26)3-2-4-18-24-19(25-27-18)12-5-7-13(21)8-6-12/h5-11H,2-4H2,1H3,(H,22,26). The van der Waals surface area contributed by atoms with Crippen molar-refractivity contribution in [1.82, 2.24) is 15.1 Å². The molecule has 1 amide bonds. The molecule has 2 aromatic carbocycles. The highest BCUT2D eigenvalue weighted by Crippen LogP contribution is 2.30. The minimum Gasteiger partial charge on any atom is -0.339 e. The molecule has 4 rings (SSSR count). The van der Waals surface area contributed by atoms with Gasteiger partial charge in [0.25, 0.3) is 0 Å². The Bertz CT molecular complexity index is 1140. The number of nitrogens with one attached hydrogen (secondary N) is 1. The first-order chi connectivity index (χ1) is 14.1. The Morgan fingerprint density at radius 2 is 2.03 bits per heavy atom. The van der Waals surface area contributed by atoms with Gasteiger partial charge < -0.3 is 9.84 Å². The van der Waals surface area contributed by atoms with Crippen LogP contribution >= 0.6 is 23.1 Å². The number of aryl methyl sites for hydroxylation is 1. The molecule has 0 aliphatic rings. The molecule has 0 aliphatic heterocycles. The predicted molar refractivity (Wildman–Crippen MR) is 113 cm³/mol. The number of halogens is 1. The van der Waals surface area contributed by atoms with E-state index in [0.29, 0.717) is 36.5 Å². The Kier molecular flexibility index (Phi) is 5.86. The van der Waals surface area contributed by atoms with E-state index in [-0.39, 0.29) is 11.7 Å². The molecule has 0 saturated carbocycles. The van der Waals surface area contributed by atoms with Crippen LogP contribution < -0.4 is 5.32 Å². The van der Waals surface area contributed by atoms with Gasteiger partial charge in [0.2, 0.25) is 17.6 Å². The Morgan fingerprint density at radius 1 is 1.21 bits per heavy atom. The van der Waals surface area contributed by atoms with Crippen molar-refractivity contribution < 1.29 is 13.7 Å². The van der Waals surface area contributed by atoms with Crippen molar-refractivity contribution in [3.05, 3.63) is 54.2 Å². The van der Waals surface area contributed by atoms with E-state index in [1.54, 1.807) is 35.2 Å². The number of anilines is 1. The van der Waals surface area contributed by atoms with E-state index in [1.807, 2.05) is 24.5 Å². The van der Waals surface area contributed by atoms with E-state index in [2.05, 4.69) is 20.4 Å². The van der Waals surface area contributed by atoms with E-state index in [4.69, 9.17) is 4.52 Å². The minimum absolute atomic E-state index is 0.0720. The first-order valence-corrected chi connectivity index (χ1v) is 11.0. The van der Waals surface area contributed by atoms with Crippen LogP contribution in [0.3, 0.4) is 0 Å². The van der Waals surface area contributed by atoms with Crippen molar-refractivity contribution in [3.8, 4) is 11.4 Å². The lowest BCUT2D eigenvalue weighted by Gasteiger charge is -2.04. The van der Waals surface area contributed by atoms with Gasteiger partial charge in [0.15, 0.2) is 4.34 Å². The highest BCUT2D eigenvalue weighted by molar-refractivity contribution is 8.00. The number of amides is 1. The van der Waals surface area contributed by atoms with Gasteiger partial charge in [-0.25, -0.2) is 9.37 Å². The fourth-order valence-electron chi connectivity index (χ4n) is 2.76. The number of carbonyl (C=O) groups is 1. The van der Waals surface area contributed by atoms with Crippen molar-refractivity contribution in [2.24, 2.45) is 0 Å². The van der Waals surface area contributed by atoms with Gasteiger partial charge in [-0.2, -0.15) is 4.98 Å². The van der Waals surface area contributed by atoms with Crippen LogP contribution in [0.25, 0.3) is 21.6 Å². The SMILES string of the molecule is CSc1nc2ccc(NC(=O)CCCc3nc(-c4ccc(F)cc4)no3)cc2s1. The highest BCUT2D eigenvalue weighted by Gasteiger charge is 2.11. The summed E-state index contributed by atoms with van der Waals surface area (Å²) in [7, 11) is 0. The maximum Gasteiger partial charge on any atom is 0.226 e. The number of carbonyl (C=O) groups excluding carboxylic acids is 1. The minimum atomic E-state index is -0.317. The lowest BCUT2D eigenvalue weighted by Crippen LogP contribution is -2.11. The molecule has 0 atom stereocenters. The smallest absolute Gasteiger partial charge is 0.226 e. The summed E-state index contributed by atoms with van der Waals surface area (Å²) < 4.78 is 20.3. The molecule has 0 fully saturated rings. The van der Waals surface area contributed by atoms with Crippen molar-refractivity contribution in [1.29, 1.82) is 0 Å². The normalized spacial score (nSPS) is 11.1. The lowest BCUT2D eigenvalue weighted by molar-refractivity contribution is -0.116. The molecule has 29 heavy (non-hydrogen) atoms. The van der Waals surface area contributed by atoms with Gasteiger partial charge in [-0.05, 0) is 55.1 Å². The zero-order valence-electron chi connectivity index (χ0n) is 15.5. The summed E-state index contributed by atoms with van der Waals surface area (Å²) in [5.74, 6) is 0.472. The number of hydrogen-bond donors (Lipinski definition) is 1. The van der Waals surface area contributed by atoms with Gasteiger partial charge >= 0.3 is 0 Å². The first-order valence-electron chi connectivity index (χ1n) is 8.93. The molecule has 6 nitrogen and oxygen atoms in total. The summed E-state index contributed by atoms with van der Waals surface area (Å²) in [6.45, 7) is 0. The van der Waals surface area contributed by atoms with Gasteiger partial charge in [-0.1, -0.05) is 16.9 Å². The highest BCUT2D eigenvalue weighted by atomic mass is 32.2. The molecule has 2 aromatic heterocycles. The number of thiazole rings is 1. The first kappa shape index (κ1) is 19.5. The van der Waals surface area contributed by atoms with Crippen molar-refractivity contribution in [2.75, 3.05) is 11.6 Å². The second-order valence-corrected chi connectivity index (χ2v) is 8.37. The van der Waals surface area contributed by atoms with Gasteiger partial charge in [0.1, 0.15) is 5.82 Å². The third-order valence-electron chi connectivity index (χ3n) is 4.19. The zero-order valence-corrected chi connectivity index (χ0v) is 17.1. The van der Waals surface area contributed by atoms with Crippen LogP contribution in [-0.2, 0) is 11.2 Å². The second-order valence-electron chi connectivity index (χ2n) is 6.29. The van der Waals surface area contributed by atoms with Crippen LogP contribution in [-0.4, -0.2) is 27.3 Å². The van der Waals surface area contributed by atoms with E-state index in [0.717, 1.165) is 20.2 Å². The third kappa shape index (κ3) is 4.80. The van der Waals surface area contributed by atoms with Crippen molar-refractivity contribution in [2.45, 2.75) is 23.6 Å². The molecule has 4 aromatic rings. The van der Waals surface area contributed by atoms with E-state index in [1.165, 1.54) is 12.1 Å². The number of hydrogen-bond acceptors (Lipinski definition) is 7. The zero-order chi connectivity index (χ0) is 20.2. The summed E-state index contributed by atoms with van der Waals surface area (Å²) in [6.07, 6.45) is 3.40. The average Bonchev–Trinajstić information content (AvgIpc) is 3.35. The Labute approximate surface area is 174 Å². The van der Waals surface area contributed by atoms with Gasteiger partial charge in [-0.3, -0.25) is 4.79 Å². The molecule has 0 spiro atoms. The summed E-state index contributed by atoms with van der Waals surface area (Å²) in [5.41, 5.74) is 2.38. The monoisotopic (exact) mass is 428 g/mol. The summed E-state index contributed by atoms with van der Waals surface area (Å²) >= 11 is 3.21. The van der Waals surface area contributed by atoms with Crippen LogP contribution in [0.4, 0.5) is 10.1 Å². The molecule has 0 unspecified atom stereocenters. The molecular weight excluding hydrogens is 411 g/mol. The Hall–Kier alpha value is -2.78. The van der Waals surface area contributed by atoms with Crippen LogP contribution in [0.15, 0.2) is 51.3 Å². The molecule has 9 heteroatoms. The third-order valence-corrected chi connectivity index (χ3v) is 6.20. The number of nitrogens with zero attached hydrogens (tertiary/aromatic N) is 3. The fraction of sp³-hybridized carbons (Fsp3) is 0.200. The Morgan fingerprint density at radius 3 is 2.83 bits per heavy atom. The van der Waals surface area contributed by atoms with E-state index in [9.17, 15) is 9.18 Å². The number of thioether (sulfide) groups is 1. The number of fused-ring (bicyclic) bond motifs is 1. The van der Waals surface area contributed by atoms with Crippen molar-refractivity contribution in [3.63, 3.8) is 0 Å². The summed E-state index contributed by atoms with van der Waals surface area (Å²) in [6, 6.07) is 11.6. The molecule has 0 saturated heterocycles. The molecular formula is C20H17FN4O2S2. The number of benzene rings is 2. The van der Waals surface area contributed by atoms with Gasteiger partial charge in [0, 0.05) is 24.1 Å². The van der Waals surface area contributed by atoms with E-state index >= 15 is 0 Å². The number of rotatable bonds is 7. The molecule has 0 bridgehead atoms. The van der Waals surface area contributed by atoms with Crippen LogP contribution in [0.1, 0.15) is 18.7 Å². The maximum atomic E-state index is 13.0. The van der Waals surface area contributed by atoms with Gasteiger partial charge in [0.05, 0.1) is 10.2 Å². The van der Waals surface area contributed by atoms with E-state index < -0.39 is 0 Å². The summed E-state index contributed by atoms with van der Waals surface area (Å²) in [5, 5.41) is 6.82. The maximum absolute atomic E-state index is 13.0. The average molecular weight is 429 g/mol. The fourth-order valence-corrected chi connectivity index (χ4v) is 4.29. The second kappa shape index (κ2) is 8.71. The molecule has 2 heterocycles. The van der Waals surface area contributed by atoms with Crippen LogP contribution in [0, 0.1) is 5.82 Å².